The van der Waals surface area contributed by atoms with E-state index in [0.29, 0.717) is 11.5 Å². The van der Waals surface area contributed by atoms with Crippen molar-refractivity contribution in [1.29, 1.82) is 0 Å². The zero-order valence-electron chi connectivity index (χ0n) is 11.5. The smallest absolute Gasteiger partial charge is 0.00103 e. The van der Waals surface area contributed by atoms with Crippen molar-refractivity contribution in [2.24, 2.45) is 11.3 Å². The predicted molar refractivity (Wildman–Crippen MR) is 69.2 cm³/mol. The lowest BCUT2D eigenvalue weighted by atomic mass is 9.81. The highest BCUT2D eigenvalue weighted by Gasteiger charge is 2.21. The van der Waals surface area contributed by atoms with Crippen molar-refractivity contribution in [2.75, 3.05) is 19.6 Å². The molecule has 0 heterocycles. The quantitative estimate of drug-likeness (QED) is 0.607. The first-order chi connectivity index (χ1) is 6.86. The lowest BCUT2D eigenvalue weighted by molar-refractivity contribution is 0.238. The summed E-state index contributed by atoms with van der Waals surface area (Å²) in [5.74, 6) is 0.735. The molecule has 0 bridgehead atoms. The largest absolute Gasteiger partial charge is 0.316 e. The SMILES string of the molecule is CC(C)NCCCNCC(C)(C)C(C)C. The van der Waals surface area contributed by atoms with Gasteiger partial charge in [0.1, 0.15) is 0 Å². The number of hydrogen-bond donors (Lipinski definition) is 2. The van der Waals surface area contributed by atoms with Gasteiger partial charge in [0.05, 0.1) is 0 Å². The topological polar surface area (TPSA) is 24.1 Å². The minimum atomic E-state index is 0.408. The van der Waals surface area contributed by atoms with E-state index in [1.165, 1.54) is 6.42 Å². The fourth-order valence-electron chi connectivity index (χ4n) is 1.22. The first kappa shape index (κ1) is 14.9. The van der Waals surface area contributed by atoms with E-state index in [1.54, 1.807) is 0 Å². The van der Waals surface area contributed by atoms with E-state index < -0.39 is 0 Å². The summed E-state index contributed by atoms with van der Waals surface area (Å²) in [5, 5.41) is 6.97. The Bertz CT molecular complexity index is 151. The molecule has 0 aliphatic carbocycles. The molecule has 0 aliphatic rings. The minimum Gasteiger partial charge on any atom is -0.316 e. The summed E-state index contributed by atoms with van der Waals surface area (Å²) >= 11 is 0. The van der Waals surface area contributed by atoms with Crippen molar-refractivity contribution in [3.63, 3.8) is 0 Å². The molecule has 0 saturated heterocycles. The van der Waals surface area contributed by atoms with Crippen LogP contribution >= 0.6 is 0 Å². The molecule has 0 spiro atoms. The van der Waals surface area contributed by atoms with Crippen molar-refractivity contribution >= 4 is 0 Å². The van der Waals surface area contributed by atoms with Gasteiger partial charge in [0.25, 0.3) is 0 Å². The Balaban J connectivity index is 3.39. The zero-order chi connectivity index (χ0) is 11.9. The summed E-state index contributed by atoms with van der Waals surface area (Å²) < 4.78 is 0. The molecule has 15 heavy (non-hydrogen) atoms. The van der Waals surface area contributed by atoms with Gasteiger partial charge in [-0.25, -0.2) is 0 Å². The maximum absolute atomic E-state index is 3.54. The molecule has 0 atom stereocenters. The molecule has 2 heteroatoms. The zero-order valence-corrected chi connectivity index (χ0v) is 11.5. The third-order valence-electron chi connectivity index (χ3n) is 3.23. The average Bonchev–Trinajstić information content (AvgIpc) is 2.10. The third kappa shape index (κ3) is 7.80. The lowest BCUT2D eigenvalue weighted by Crippen LogP contribution is -2.35. The molecule has 0 radical (unpaired) electrons. The predicted octanol–water partition coefficient (Wildman–Crippen LogP) is 2.65. The number of hydrogen-bond acceptors (Lipinski definition) is 2. The fourth-order valence-corrected chi connectivity index (χ4v) is 1.22. The van der Waals surface area contributed by atoms with E-state index in [4.69, 9.17) is 0 Å². The molecule has 0 aliphatic heterocycles. The van der Waals surface area contributed by atoms with Crippen LogP contribution in [0.3, 0.4) is 0 Å². The molecule has 0 saturated carbocycles. The van der Waals surface area contributed by atoms with E-state index in [9.17, 15) is 0 Å². The van der Waals surface area contributed by atoms with Crippen molar-refractivity contribution in [3.8, 4) is 0 Å². The Kier molecular flexibility index (Phi) is 7.20. The van der Waals surface area contributed by atoms with Crippen LogP contribution in [0.1, 0.15) is 48.0 Å². The standard InChI is InChI=1S/C13H30N2/c1-11(2)13(5,6)10-14-8-7-9-15-12(3)4/h11-12,14-15H,7-10H2,1-6H3. The summed E-state index contributed by atoms with van der Waals surface area (Å²) in [7, 11) is 0. The van der Waals surface area contributed by atoms with Crippen molar-refractivity contribution in [3.05, 3.63) is 0 Å². The maximum atomic E-state index is 3.54. The second kappa shape index (κ2) is 7.24. The van der Waals surface area contributed by atoms with Crippen LogP contribution in [0.5, 0.6) is 0 Å². The second-order valence-electron chi connectivity index (χ2n) is 5.78. The van der Waals surface area contributed by atoms with Crippen LogP contribution in [0.15, 0.2) is 0 Å². The van der Waals surface area contributed by atoms with Crippen LogP contribution in [0, 0.1) is 11.3 Å². The normalized spacial score (nSPS) is 12.8. The van der Waals surface area contributed by atoms with Crippen LogP contribution in [-0.2, 0) is 0 Å². The van der Waals surface area contributed by atoms with Crippen molar-refractivity contribution in [2.45, 2.75) is 54.0 Å². The molecule has 0 aromatic heterocycles. The fraction of sp³-hybridized carbons (Fsp3) is 1.00. The summed E-state index contributed by atoms with van der Waals surface area (Å²) in [6, 6.07) is 0.608. The Morgan fingerprint density at radius 2 is 1.60 bits per heavy atom. The Morgan fingerprint density at radius 1 is 1.00 bits per heavy atom. The molecule has 0 rings (SSSR count). The highest BCUT2D eigenvalue weighted by molar-refractivity contribution is 4.74. The van der Waals surface area contributed by atoms with Gasteiger partial charge >= 0.3 is 0 Å². The van der Waals surface area contributed by atoms with Gasteiger partial charge in [0, 0.05) is 12.6 Å². The first-order valence-corrected chi connectivity index (χ1v) is 6.30. The molecule has 92 valence electrons. The molecule has 0 aromatic carbocycles. The van der Waals surface area contributed by atoms with Gasteiger partial charge in [-0.15, -0.1) is 0 Å². The highest BCUT2D eigenvalue weighted by atomic mass is 14.9. The molecule has 0 fully saturated rings. The summed E-state index contributed by atoms with van der Waals surface area (Å²) in [4.78, 5) is 0. The van der Waals surface area contributed by atoms with Crippen LogP contribution < -0.4 is 10.6 Å². The lowest BCUT2D eigenvalue weighted by Gasteiger charge is -2.29. The van der Waals surface area contributed by atoms with Gasteiger partial charge in [-0.3, -0.25) is 0 Å². The van der Waals surface area contributed by atoms with Gasteiger partial charge in [-0.2, -0.15) is 0 Å². The van der Waals surface area contributed by atoms with Gasteiger partial charge < -0.3 is 10.6 Å². The average molecular weight is 214 g/mol. The summed E-state index contributed by atoms with van der Waals surface area (Å²) in [6.07, 6.45) is 1.21. The summed E-state index contributed by atoms with van der Waals surface area (Å²) in [6.45, 7) is 17.0. The Labute approximate surface area is 96.2 Å². The van der Waals surface area contributed by atoms with Gasteiger partial charge in [0.15, 0.2) is 0 Å². The van der Waals surface area contributed by atoms with E-state index in [1.807, 2.05) is 0 Å². The van der Waals surface area contributed by atoms with Crippen molar-refractivity contribution in [1.82, 2.24) is 10.6 Å². The van der Waals surface area contributed by atoms with Crippen LogP contribution in [0.2, 0.25) is 0 Å². The Hall–Kier alpha value is -0.0800. The molecular weight excluding hydrogens is 184 g/mol. The number of nitrogens with one attached hydrogen (secondary N) is 2. The number of rotatable bonds is 8. The van der Waals surface area contributed by atoms with E-state index in [2.05, 4.69) is 52.2 Å². The molecule has 2 nitrogen and oxygen atoms in total. The summed E-state index contributed by atoms with van der Waals surface area (Å²) in [5.41, 5.74) is 0.408. The first-order valence-electron chi connectivity index (χ1n) is 6.30. The van der Waals surface area contributed by atoms with Crippen LogP contribution in [-0.4, -0.2) is 25.7 Å². The molecular formula is C13H30N2. The third-order valence-corrected chi connectivity index (χ3v) is 3.23. The molecule has 2 N–H and O–H groups in total. The van der Waals surface area contributed by atoms with Crippen LogP contribution in [0.25, 0.3) is 0 Å². The molecule has 0 unspecified atom stereocenters. The van der Waals surface area contributed by atoms with E-state index in [-0.39, 0.29) is 0 Å². The maximum Gasteiger partial charge on any atom is 0.00103 e. The monoisotopic (exact) mass is 214 g/mol. The molecule has 0 amide bonds. The van der Waals surface area contributed by atoms with Crippen molar-refractivity contribution < 1.29 is 0 Å². The van der Waals surface area contributed by atoms with Gasteiger partial charge in [-0.05, 0) is 30.8 Å². The van der Waals surface area contributed by atoms with Gasteiger partial charge in [-0.1, -0.05) is 41.5 Å². The molecule has 0 aromatic rings. The second-order valence-corrected chi connectivity index (χ2v) is 5.78. The van der Waals surface area contributed by atoms with E-state index >= 15 is 0 Å². The van der Waals surface area contributed by atoms with E-state index in [0.717, 1.165) is 25.6 Å². The highest BCUT2D eigenvalue weighted by Crippen LogP contribution is 2.24. The van der Waals surface area contributed by atoms with Crippen LogP contribution in [0.4, 0.5) is 0 Å². The minimum absolute atomic E-state index is 0.408. The van der Waals surface area contributed by atoms with Gasteiger partial charge in [0.2, 0.25) is 0 Å². The Morgan fingerprint density at radius 3 is 2.07 bits per heavy atom.